The summed E-state index contributed by atoms with van der Waals surface area (Å²) in [6.45, 7) is 2.07. The van der Waals surface area contributed by atoms with Crippen LogP contribution in [0.15, 0.2) is 12.3 Å². The molecule has 1 aromatic rings. The summed E-state index contributed by atoms with van der Waals surface area (Å²) in [5.41, 5.74) is 6.33. The number of pyridine rings is 1. The zero-order valence-corrected chi connectivity index (χ0v) is 8.70. The molecule has 0 spiro atoms. The van der Waals surface area contributed by atoms with Crippen LogP contribution < -0.4 is 5.73 Å². The summed E-state index contributed by atoms with van der Waals surface area (Å²) in [5, 5.41) is 8.51. The van der Waals surface area contributed by atoms with Crippen molar-refractivity contribution in [2.45, 2.75) is 32.2 Å². The molecule has 80 valence electrons. The van der Waals surface area contributed by atoms with Crippen LogP contribution in [0.5, 0.6) is 0 Å². The van der Waals surface area contributed by atoms with Gasteiger partial charge in [0.1, 0.15) is 6.07 Å². The van der Waals surface area contributed by atoms with E-state index in [0.29, 0.717) is 5.56 Å². The van der Waals surface area contributed by atoms with Crippen LogP contribution in [0, 0.1) is 17.1 Å². The van der Waals surface area contributed by atoms with E-state index in [1.165, 1.54) is 12.3 Å². The molecule has 0 amide bonds. The SMILES string of the molecule is CCCC[C@H](N)c1cnc(C#N)c(F)c1. The Morgan fingerprint density at radius 1 is 1.67 bits per heavy atom. The molecule has 3 nitrogen and oxygen atoms in total. The second-order valence-corrected chi connectivity index (χ2v) is 3.46. The second kappa shape index (κ2) is 5.42. The van der Waals surface area contributed by atoms with Crippen molar-refractivity contribution < 1.29 is 4.39 Å². The number of halogens is 1. The van der Waals surface area contributed by atoms with Gasteiger partial charge in [0.25, 0.3) is 0 Å². The van der Waals surface area contributed by atoms with Crippen LogP contribution in [0.25, 0.3) is 0 Å². The van der Waals surface area contributed by atoms with Gasteiger partial charge in [0, 0.05) is 12.2 Å². The quantitative estimate of drug-likeness (QED) is 0.823. The number of hydrogen-bond acceptors (Lipinski definition) is 3. The molecule has 0 saturated heterocycles. The van der Waals surface area contributed by atoms with Gasteiger partial charge in [0.15, 0.2) is 11.5 Å². The molecule has 0 aromatic carbocycles. The van der Waals surface area contributed by atoms with Crippen molar-refractivity contribution in [3.05, 3.63) is 29.3 Å². The Labute approximate surface area is 88.7 Å². The first-order valence-corrected chi connectivity index (χ1v) is 5.00. The number of rotatable bonds is 4. The van der Waals surface area contributed by atoms with Crippen molar-refractivity contribution in [2.75, 3.05) is 0 Å². The summed E-state index contributed by atoms with van der Waals surface area (Å²) in [4.78, 5) is 3.71. The normalized spacial score (nSPS) is 12.1. The molecule has 0 aliphatic rings. The van der Waals surface area contributed by atoms with Crippen molar-refractivity contribution in [3.8, 4) is 6.07 Å². The highest BCUT2D eigenvalue weighted by molar-refractivity contribution is 5.26. The topological polar surface area (TPSA) is 62.7 Å². The van der Waals surface area contributed by atoms with Crippen molar-refractivity contribution in [1.29, 1.82) is 5.26 Å². The molecule has 2 N–H and O–H groups in total. The molecule has 1 heterocycles. The van der Waals surface area contributed by atoms with E-state index in [0.717, 1.165) is 19.3 Å². The van der Waals surface area contributed by atoms with Gasteiger partial charge in [-0.1, -0.05) is 19.8 Å². The van der Waals surface area contributed by atoms with Crippen LogP contribution in [0.1, 0.15) is 43.5 Å². The third-order valence-corrected chi connectivity index (χ3v) is 2.27. The van der Waals surface area contributed by atoms with E-state index in [9.17, 15) is 4.39 Å². The van der Waals surface area contributed by atoms with Gasteiger partial charge in [-0.3, -0.25) is 0 Å². The minimum absolute atomic E-state index is 0.179. The van der Waals surface area contributed by atoms with Gasteiger partial charge in [0.05, 0.1) is 0 Å². The van der Waals surface area contributed by atoms with E-state index >= 15 is 0 Å². The molecule has 0 radical (unpaired) electrons. The third-order valence-electron chi connectivity index (χ3n) is 2.27. The number of nitrogens with zero attached hydrogens (tertiary/aromatic N) is 2. The number of nitrogens with two attached hydrogens (primary N) is 1. The maximum atomic E-state index is 13.2. The van der Waals surface area contributed by atoms with E-state index in [1.807, 2.05) is 0 Å². The first-order valence-electron chi connectivity index (χ1n) is 5.00. The lowest BCUT2D eigenvalue weighted by molar-refractivity contribution is 0.581. The van der Waals surface area contributed by atoms with Gasteiger partial charge in [0.2, 0.25) is 0 Å². The predicted octanol–water partition coefficient (Wildman–Crippen LogP) is 2.28. The molecule has 1 aromatic heterocycles. The second-order valence-electron chi connectivity index (χ2n) is 3.46. The smallest absolute Gasteiger partial charge is 0.176 e. The molecule has 1 atom stereocenters. The fourth-order valence-electron chi connectivity index (χ4n) is 1.33. The van der Waals surface area contributed by atoms with E-state index in [2.05, 4.69) is 11.9 Å². The fraction of sp³-hybridized carbons (Fsp3) is 0.455. The lowest BCUT2D eigenvalue weighted by Crippen LogP contribution is -2.11. The summed E-state index contributed by atoms with van der Waals surface area (Å²) in [6.07, 6.45) is 4.34. The molecular weight excluding hydrogens is 193 g/mol. The largest absolute Gasteiger partial charge is 0.324 e. The summed E-state index contributed by atoms with van der Waals surface area (Å²) in [6, 6.07) is 2.78. The summed E-state index contributed by atoms with van der Waals surface area (Å²) in [5.74, 6) is -0.595. The maximum absolute atomic E-state index is 13.2. The van der Waals surface area contributed by atoms with Crippen molar-refractivity contribution in [2.24, 2.45) is 5.73 Å². The van der Waals surface area contributed by atoms with Crippen LogP contribution in [0.2, 0.25) is 0 Å². The lowest BCUT2D eigenvalue weighted by Gasteiger charge is -2.10. The van der Waals surface area contributed by atoms with E-state index in [4.69, 9.17) is 11.0 Å². The summed E-state index contributed by atoms with van der Waals surface area (Å²) >= 11 is 0. The van der Waals surface area contributed by atoms with E-state index < -0.39 is 5.82 Å². The first-order chi connectivity index (χ1) is 7.19. The van der Waals surface area contributed by atoms with Crippen molar-refractivity contribution >= 4 is 0 Å². The summed E-state index contributed by atoms with van der Waals surface area (Å²) < 4.78 is 13.2. The third kappa shape index (κ3) is 3.00. The van der Waals surface area contributed by atoms with E-state index in [1.54, 1.807) is 6.07 Å². The minimum Gasteiger partial charge on any atom is -0.324 e. The Hall–Kier alpha value is -1.47. The molecule has 15 heavy (non-hydrogen) atoms. The van der Waals surface area contributed by atoms with Gasteiger partial charge < -0.3 is 5.73 Å². The molecule has 0 fully saturated rings. The van der Waals surface area contributed by atoms with Crippen LogP contribution in [-0.4, -0.2) is 4.98 Å². The number of unbranched alkanes of at least 4 members (excludes halogenated alkanes) is 1. The van der Waals surface area contributed by atoms with Crippen LogP contribution >= 0.6 is 0 Å². The Morgan fingerprint density at radius 3 is 2.93 bits per heavy atom. The number of hydrogen-bond donors (Lipinski definition) is 1. The van der Waals surface area contributed by atoms with Crippen LogP contribution in [0.3, 0.4) is 0 Å². The molecule has 0 aliphatic heterocycles. The average Bonchev–Trinajstić information content (AvgIpc) is 2.25. The maximum Gasteiger partial charge on any atom is 0.176 e. The Bertz CT molecular complexity index is 371. The highest BCUT2D eigenvalue weighted by atomic mass is 19.1. The van der Waals surface area contributed by atoms with E-state index in [-0.39, 0.29) is 11.7 Å². The Morgan fingerprint density at radius 2 is 2.40 bits per heavy atom. The molecule has 0 unspecified atom stereocenters. The molecular formula is C11H14FN3. The zero-order chi connectivity index (χ0) is 11.3. The fourth-order valence-corrected chi connectivity index (χ4v) is 1.33. The van der Waals surface area contributed by atoms with Gasteiger partial charge in [-0.05, 0) is 18.1 Å². The minimum atomic E-state index is -0.595. The van der Waals surface area contributed by atoms with Crippen molar-refractivity contribution in [1.82, 2.24) is 4.98 Å². The molecule has 4 heteroatoms. The highest BCUT2D eigenvalue weighted by Crippen LogP contribution is 2.17. The van der Waals surface area contributed by atoms with Gasteiger partial charge in [-0.2, -0.15) is 5.26 Å². The van der Waals surface area contributed by atoms with Crippen molar-refractivity contribution in [3.63, 3.8) is 0 Å². The lowest BCUT2D eigenvalue weighted by atomic mass is 10.0. The van der Waals surface area contributed by atoms with Gasteiger partial charge >= 0.3 is 0 Å². The molecule has 0 aliphatic carbocycles. The van der Waals surface area contributed by atoms with Crippen LogP contribution in [-0.2, 0) is 0 Å². The Kier molecular flexibility index (Phi) is 4.19. The van der Waals surface area contributed by atoms with Gasteiger partial charge in [-0.15, -0.1) is 0 Å². The van der Waals surface area contributed by atoms with Crippen LogP contribution in [0.4, 0.5) is 4.39 Å². The number of aromatic nitrogens is 1. The molecule has 0 bridgehead atoms. The monoisotopic (exact) mass is 207 g/mol. The molecule has 0 saturated carbocycles. The Balaban J connectivity index is 2.79. The summed E-state index contributed by atoms with van der Waals surface area (Å²) in [7, 11) is 0. The average molecular weight is 207 g/mol. The molecule has 1 rings (SSSR count). The number of nitriles is 1. The van der Waals surface area contributed by atoms with Gasteiger partial charge in [-0.25, -0.2) is 9.37 Å². The first kappa shape index (κ1) is 11.6. The highest BCUT2D eigenvalue weighted by Gasteiger charge is 2.09. The standard InChI is InChI=1S/C11H14FN3/c1-2-3-4-10(14)8-5-9(12)11(6-13)15-7-8/h5,7,10H,2-4,14H2,1H3/t10-/m0/s1. The predicted molar refractivity (Wildman–Crippen MR) is 55.4 cm³/mol. The zero-order valence-electron chi connectivity index (χ0n) is 8.70.